The van der Waals surface area contributed by atoms with Crippen molar-refractivity contribution < 1.29 is 14.3 Å². The standard InChI is InChI=1S/C24H33N3O3/c1-16-19-11-7-8-12-21(19)25-17(2)20(16)14-22(28)27-13-9-10-18(27)15-26(6)23(29)30-24(3,4)5/h7-8,11-12,18H,9-10,13-15H2,1-6H3/t18-/m1/s1. The number of ether oxygens (including phenoxy) is 1. The number of hydrogen-bond donors (Lipinski definition) is 0. The third-order valence-electron chi connectivity index (χ3n) is 5.70. The van der Waals surface area contributed by atoms with E-state index in [0.717, 1.165) is 47.1 Å². The molecule has 1 fully saturated rings. The lowest BCUT2D eigenvalue weighted by Gasteiger charge is -2.30. The van der Waals surface area contributed by atoms with Gasteiger partial charge in [-0.05, 0) is 64.7 Å². The highest BCUT2D eigenvalue weighted by atomic mass is 16.6. The summed E-state index contributed by atoms with van der Waals surface area (Å²) in [6.07, 6.45) is 1.83. The van der Waals surface area contributed by atoms with Crippen LogP contribution in [0.15, 0.2) is 24.3 Å². The molecule has 6 nitrogen and oxygen atoms in total. The molecule has 1 saturated heterocycles. The number of rotatable bonds is 4. The Morgan fingerprint density at radius 1 is 1.23 bits per heavy atom. The highest BCUT2D eigenvalue weighted by Gasteiger charge is 2.32. The van der Waals surface area contributed by atoms with Crippen LogP contribution in [0.5, 0.6) is 0 Å². The lowest BCUT2D eigenvalue weighted by molar-refractivity contribution is -0.131. The Morgan fingerprint density at radius 2 is 1.93 bits per heavy atom. The van der Waals surface area contributed by atoms with Crippen molar-refractivity contribution in [3.63, 3.8) is 0 Å². The zero-order valence-corrected chi connectivity index (χ0v) is 19.0. The minimum atomic E-state index is -0.533. The molecule has 2 amide bonds. The number of pyridine rings is 1. The fourth-order valence-electron chi connectivity index (χ4n) is 4.17. The maximum absolute atomic E-state index is 13.2. The molecule has 1 atom stereocenters. The summed E-state index contributed by atoms with van der Waals surface area (Å²) in [6.45, 7) is 10.8. The van der Waals surface area contributed by atoms with Gasteiger partial charge in [0.2, 0.25) is 5.91 Å². The number of fused-ring (bicyclic) bond motifs is 1. The molecule has 0 radical (unpaired) electrons. The fraction of sp³-hybridized carbons (Fsp3) is 0.542. The lowest BCUT2D eigenvalue weighted by Crippen LogP contribution is -2.45. The van der Waals surface area contributed by atoms with Gasteiger partial charge in [-0.3, -0.25) is 9.78 Å². The summed E-state index contributed by atoms with van der Waals surface area (Å²) in [6, 6.07) is 8.06. The first-order valence-electron chi connectivity index (χ1n) is 10.6. The molecule has 0 N–H and O–H groups in total. The Bertz CT molecular complexity index is 949. The zero-order chi connectivity index (χ0) is 22.1. The molecule has 1 aliphatic heterocycles. The van der Waals surface area contributed by atoms with Gasteiger partial charge >= 0.3 is 6.09 Å². The largest absolute Gasteiger partial charge is 0.444 e. The van der Waals surface area contributed by atoms with Crippen molar-refractivity contribution in [2.75, 3.05) is 20.1 Å². The molecular formula is C24H33N3O3. The van der Waals surface area contributed by atoms with Crippen LogP contribution in [-0.2, 0) is 16.0 Å². The monoisotopic (exact) mass is 411 g/mol. The first kappa shape index (κ1) is 22.1. The van der Waals surface area contributed by atoms with E-state index in [9.17, 15) is 9.59 Å². The Balaban J connectivity index is 1.72. The van der Waals surface area contributed by atoms with Gasteiger partial charge in [-0.15, -0.1) is 0 Å². The quantitative estimate of drug-likeness (QED) is 0.754. The average molecular weight is 412 g/mol. The van der Waals surface area contributed by atoms with Crippen LogP contribution in [0.2, 0.25) is 0 Å². The van der Waals surface area contributed by atoms with Gasteiger partial charge in [0, 0.05) is 37.3 Å². The van der Waals surface area contributed by atoms with Crippen LogP contribution in [0.3, 0.4) is 0 Å². The Labute approximate surface area is 179 Å². The number of likely N-dealkylation sites (tertiary alicyclic amines) is 1. The van der Waals surface area contributed by atoms with Crippen molar-refractivity contribution in [1.29, 1.82) is 0 Å². The molecule has 1 aromatic heterocycles. The number of para-hydroxylation sites is 1. The van der Waals surface area contributed by atoms with E-state index >= 15 is 0 Å². The van der Waals surface area contributed by atoms with Gasteiger partial charge in [0.15, 0.2) is 0 Å². The number of hydrogen-bond acceptors (Lipinski definition) is 4. The molecule has 0 bridgehead atoms. The maximum atomic E-state index is 13.2. The number of benzene rings is 1. The van der Waals surface area contributed by atoms with Crippen molar-refractivity contribution in [3.8, 4) is 0 Å². The van der Waals surface area contributed by atoms with Crippen LogP contribution in [-0.4, -0.2) is 58.6 Å². The molecule has 0 saturated carbocycles. The third kappa shape index (κ3) is 4.91. The molecule has 3 rings (SSSR count). The van der Waals surface area contributed by atoms with E-state index in [0.29, 0.717) is 13.0 Å². The first-order chi connectivity index (χ1) is 14.1. The second-order valence-corrected chi connectivity index (χ2v) is 9.24. The van der Waals surface area contributed by atoms with Gasteiger partial charge in [0.05, 0.1) is 11.9 Å². The SMILES string of the molecule is Cc1nc2ccccc2c(C)c1CC(=O)N1CCC[C@@H]1CN(C)C(=O)OC(C)(C)C. The van der Waals surface area contributed by atoms with E-state index in [4.69, 9.17) is 9.72 Å². The van der Waals surface area contributed by atoms with Crippen molar-refractivity contribution in [2.45, 2.75) is 65.5 Å². The summed E-state index contributed by atoms with van der Waals surface area (Å²) in [4.78, 5) is 33.7. The van der Waals surface area contributed by atoms with E-state index in [1.54, 1.807) is 11.9 Å². The van der Waals surface area contributed by atoms with E-state index in [1.807, 2.05) is 50.8 Å². The normalized spacial score (nSPS) is 16.7. The van der Waals surface area contributed by atoms with Gasteiger partial charge in [-0.25, -0.2) is 4.79 Å². The minimum Gasteiger partial charge on any atom is -0.444 e. The summed E-state index contributed by atoms with van der Waals surface area (Å²) < 4.78 is 5.45. The number of aryl methyl sites for hydroxylation is 2. The van der Waals surface area contributed by atoms with E-state index in [-0.39, 0.29) is 18.0 Å². The van der Waals surface area contributed by atoms with Crippen LogP contribution in [0, 0.1) is 13.8 Å². The first-order valence-corrected chi connectivity index (χ1v) is 10.6. The Morgan fingerprint density at radius 3 is 2.63 bits per heavy atom. The topological polar surface area (TPSA) is 62.7 Å². The zero-order valence-electron chi connectivity index (χ0n) is 19.0. The second kappa shape index (κ2) is 8.62. The molecular weight excluding hydrogens is 378 g/mol. The van der Waals surface area contributed by atoms with Crippen LogP contribution in [0.25, 0.3) is 10.9 Å². The smallest absolute Gasteiger partial charge is 0.410 e. The van der Waals surface area contributed by atoms with Crippen LogP contribution in [0.1, 0.15) is 50.4 Å². The number of aromatic nitrogens is 1. The molecule has 6 heteroatoms. The fourth-order valence-corrected chi connectivity index (χ4v) is 4.17. The van der Waals surface area contributed by atoms with Gasteiger partial charge in [0.1, 0.15) is 5.60 Å². The molecule has 1 aliphatic rings. The summed E-state index contributed by atoms with van der Waals surface area (Å²) in [5.74, 6) is 0.0957. The third-order valence-corrected chi connectivity index (χ3v) is 5.70. The van der Waals surface area contributed by atoms with E-state index in [1.165, 1.54) is 0 Å². The summed E-state index contributed by atoms with van der Waals surface area (Å²) in [5.41, 5.74) is 3.45. The summed E-state index contributed by atoms with van der Waals surface area (Å²) >= 11 is 0. The van der Waals surface area contributed by atoms with Crippen molar-refractivity contribution in [1.82, 2.24) is 14.8 Å². The predicted molar refractivity (Wildman–Crippen MR) is 119 cm³/mol. The lowest BCUT2D eigenvalue weighted by atomic mass is 9.99. The molecule has 1 aromatic carbocycles. The van der Waals surface area contributed by atoms with E-state index < -0.39 is 5.60 Å². The number of likely N-dealkylation sites (N-methyl/N-ethyl adjacent to an activating group) is 1. The van der Waals surface area contributed by atoms with E-state index in [2.05, 4.69) is 13.0 Å². The van der Waals surface area contributed by atoms with Crippen LogP contribution in [0.4, 0.5) is 4.79 Å². The Hall–Kier alpha value is -2.63. The second-order valence-electron chi connectivity index (χ2n) is 9.24. The Kier molecular flexibility index (Phi) is 6.34. The number of amides is 2. The molecule has 2 heterocycles. The van der Waals surface area contributed by atoms with Gasteiger partial charge < -0.3 is 14.5 Å². The molecule has 30 heavy (non-hydrogen) atoms. The van der Waals surface area contributed by atoms with Gasteiger partial charge in [-0.2, -0.15) is 0 Å². The average Bonchev–Trinajstić information content (AvgIpc) is 3.11. The van der Waals surface area contributed by atoms with Crippen molar-refractivity contribution in [2.24, 2.45) is 0 Å². The number of carbonyl (C=O) groups excluding carboxylic acids is 2. The minimum absolute atomic E-state index is 0.0176. The molecule has 0 spiro atoms. The van der Waals surface area contributed by atoms with Crippen LogP contribution >= 0.6 is 0 Å². The summed E-state index contributed by atoms with van der Waals surface area (Å²) in [5, 5.41) is 1.09. The van der Waals surface area contributed by atoms with Crippen molar-refractivity contribution >= 4 is 22.9 Å². The van der Waals surface area contributed by atoms with Gasteiger partial charge in [-0.1, -0.05) is 18.2 Å². The molecule has 162 valence electrons. The molecule has 2 aromatic rings. The molecule has 0 unspecified atom stereocenters. The van der Waals surface area contributed by atoms with Crippen LogP contribution < -0.4 is 0 Å². The highest BCUT2D eigenvalue weighted by molar-refractivity contribution is 5.86. The summed E-state index contributed by atoms with van der Waals surface area (Å²) in [7, 11) is 1.73. The number of carbonyl (C=O) groups is 2. The maximum Gasteiger partial charge on any atom is 0.410 e. The van der Waals surface area contributed by atoms with Gasteiger partial charge in [0.25, 0.3) is 0 Å². The predicted octanol–water partition coefficient (Wildman–Crippen LogP) is 4.25. The molecule has 0 aliphatic carbocycles. The highest BCUT2D eigenvalue weighted by Crippen LogP contribution is 2.25. The van der Waals surface area contributed by atoms with Crippen molar-refractivity contribution in [3.05, 3.63) is 41.1 Å². The number of nitrogens with zero attached hydrogens (tertiary/aromatic N) is 3.